The van der Waals surface area contributed by atoms with E-state index in [-0.39, 0.29) is 0 Å². The van der Waals surface area contributed by atoms with Crippen LogP contribution in [-0.4, -0.2) is 26.1 Å². The second-order valence-corrected chi connectivity index (χ2v) is 3.31. The Balaban J connectivity index is 1.76. The monoisotopic (exact) mass is 195 g/mol. The Bertz CT molecular complexity index is 293. The van der Waals surface area contributed by atoms with Crippen LogP contribution in [-0.2, 0) is 6.42 Å². The molecule has 2 aromatic heterocycles. The molecule has 68 valence electrons. The van der Waals surface area contributed by atoms with E-state index in [0.717, 1.165) is 18.1 Å². The van der Waals surface area contributed by atoms with E-state index in [4.69, 9.17) is 0 Å². The van der Waals surface area contributed by atoms with Gasteiger partial charge in [0.2, 0.25) is 5.13 Å². The summed E-state index contributed by atoms with van der Waals surface area (Å²) in [7, 11) is 0. The lowest BCUT2D eigenvalue weighted by molar-refractivity contribution is 1.02. The standard InChI is InChI=1S/C7H9N5S/c1(6-3-10-11-4-6)2-8-7-9-5-12-13-7/h3-5H,1-2H2,(H,10,11)(H,8,9,12). The molecule has 0 saturated heterocycles. The van der Waals surface area contributed by atoms with Gasteiger partial charge in [0.1, 0.15) is 6.33 Å². The summed E-state index contributed by atoms with van der Waals surface area (Å²) in [5, 5.41) is 10.7. The molecule has 0 aliphatic rings. The van der Waals surface area contributed by atoms with Crippen LogP contribution < -0.4 is 5.32 Å². The van der Waals surface area contributed by atoms with Crippen LogP contribution in [0.3, 0.4) is 0 Å². The summed E-state index contributed by atoms with van der Waals surface area (Å²) in [6, 6.07) is 0. The SMILES string of the molecule is c1nsc(NCCc2cn[nH]c2)n1. The Morgan fingerprint density at radius 3 is 3.23 bits per heavy atom. The molecule has 0 bridgehead atoms. The van der Waals surface area contributed by atoms with E-state index in [0.29, 0.717) is 0 Å². The summed E-state index contributed by atoms with van der Waals surface area (Å²) in [5.41, 5.74) is 1.19. The predicted octanol–water partition coefficient (Wildman–Crippen LogP) is 0.916. The number of H-pyrrole nitrogens is 1. The first-order valence-electron chi connectivity index (χ1n) is 3.93. The van der Waals surface area contributed by atoms with Gasteiger partial charge in [0.05, 0.1) is 6.20 Å². The third-order valence-corrected chi connectivity index (χ3v) is 2.23. The van der Waals surface area contributed by atoms with E-state index < -0.39 is 0 Å². The molecular weight excluding hydrogens is 186 g/mol. The third kappa shape index (κ3) is 2.25. The number of anilines is 1. The summed E-state index contributed by atoms with van der Waals surface area (Å²) in [5.74, 6) is 0. The number of nitrogens with zero attached hydrogens (tertiary/aromatic N) is 3. The van der Waals surface area contributed by atoms with Gasteiger partial charge in [-0.25, -0.2) is 4.98 Å². The molecule has 0 radical (unpaired) electrons. The molecular formula is C7H9N5S. The number of hydrogen-bond donors (Lipinski definition) is 2. The fourth-order valence-electron chi connectivity index (χ4n) is 0.979. The first kappa shape index (κ1) is 8.18. The van der Waals surface area contributed by atoms with Gasteiger partial charge in [0, 0.05) is 24.3 Å². The van der Waals surface area contributed by atoms with Gasteiger partial charge in [-0.15, -0.1) is 0 Å². The van der Waals surface area contributed by atoms with Crippen LogP contribution in [0, 0.1) is 0 Å². The molecule has 0 saturated carbocycles. The van der Waals surface area contributed by atoms with Crippen molar-refractivity contribution in [2.24, 2.45) is 0 Å². The second kappa shape index (κ2) is 3.99. The zero-order chi connectivity index (χ0) is 8.93. The minimum atomic E-state index is 0.856. The van der Waals surface area contributed by atoms with Crippen molar-refractivity contribution in [1.29, 1.82) is 0 Å². The van der Waals surface area contributed by atoms with E-state index in [1.165, 1.54) is 17.1 Å². The Kier molecular flexibility index (Phi) is 2.51. The van der Waals surface area contributed by atoms with E-state index >= 15 is 0 Å². The molecule has 0 unspecified atom stereocenters. The molecule has 0 spiro atoms. The Hall–Kier alpha value is -1.43. The molecule has 13 heavy (non-hydrogen) atoms. The lowest BCUT2D eigenvalue weighted by Gasteiger charge is -1.98. The Morgan fingerprint density at radius 2 is 2.54 bits per heavy atom. The minimum absolute atomic E-state index is 0.856. The van der Waals surface area contributed by atoms with Crippen LogP contribution in [0.2, 0.25) is 0 Å². The fourth-order valence-corrected chi connectivity index (χ4v) is 1.43. The maximum absolute atomic E-state index is 4.01. The maximum Gasteiger partial charge on any atom is 0.202 e. The number of hydrogen-bond acceptors (Lipinski definition) is 5. The predicted molar refractivity (Wildman–Crippen MR) is 50.7 cm³/mol. The first-order valence-corrected chi connectivity index (χ1v) is 4.71. The van der Waals surface area contributed by atoms with Crippen molar-refractivity contribution in [1.82, 2.24) is 19.6 Å². The van der Waals surface area contributed by atoms with Gasteiger partial charge >= 0.3 is 0 Å². The molecule has 5 nitrogen and oxygen atoms in total. The molecule has 0 fully saturated rings. The van der Waals surface area contributed by atoms with Gasteiger partial charge < -0.3 is 5.32 Å². The van der Waals surface area contributed by atoms with Crippen LogP contribution in [0.4, 0.5) is 5.13 Å². The first-order chi connectivity index (χ1) is 6.45. The highest BCUT2D eigenvalue weighted by Gasteiger charge is 1.96. The molecule has 2 aromatic rings. The Labute approximate surface area is 79.4 Å². The van der Waals surface area contributed by atoms with E-state index in [1.54, 1.807) is 6.33 Å². The quantitative estimate of drug-likeness (QED) is 0.761. The largest absolute Gasteiger partial charge is 0.360 e. The molecule has 2 N–H and O–H groups in total. The number of nitrogens with one attached hydrogen (secondary N) is 2. The summed E-state index contributed by atoms with van der Waals surface area (Å²) < 4.78 is 3.89. The van der Waals surface area contributed by atoms with Gasteiger partial charge in [-0.1, -0.05) is 0 Å². The van der Waals surface area contributed by atoms with Crippen LogP contribution in [0.15, 0.2) is 18.7 Å². The lowest BCUT2D eigenvalue weighted by Crippen LogP contribution is -2.03. The smallest absolute Gasteiger partial charge is 0.202 e. The maximum atomic E-state index is 4.01. The number of aromatic nitrogens is 4. The molecule has 0 amide bonds. The highest BCUT2D eigenvalue weighted by Crippen LogP contribution is 2.06. The summed E-state index contributed by atoms with van der Waals surface area (Å²) in [6.07, 6.45) is 6.20. The third-order valence-electron chi connectivity index (χ3n) is 1.61. The van der Waals surface area contributed by atoms with Crippen molar-refractivity contribution in [3.8, 4) is 0 Å². The van der Waals surface area contributed by atoms with Crippen LogP contribution in [0.1, 0.15) is 5.56 Å². The summed E-state index contributed by atoms with van der Waals surface area (Å²) in [6.45, 7) is 0.856. The molecule has 0 aliphatic heterocycles. The van der Waals surface area contributed by atoms with Crippen molar-refractivity contribution < 1.29 is 0 Å². The molecule has 0 aromatic carbocycles. The number of aromatic amines is 1. The van der Waals surface area contributed by atoms with Crippen molar-refractivity contribution in [3.63, 3.8) is 0 Å². The van der Waals surface area contributed by atoms with E-state index in [2.05, 4.69) is 24.9 Å². The zero-order valence-electron chi connectivity index (χ0n) is 6.90. The zero-order valence-corrected chi connectivity index (χ0v) is 7.71. The molecule has 2 heterocycles. The summed E-state index contributed by atoms with van der Waals surface area (Å²) in [4.78, 5) is 4.01. The second-order valence-electron chi connectivity index (χ2n) is 2.53. The van der Waals surface area contributed by atoms with Crippen molar-refractivity contribution in [3.05, 3.63) is 24.3 Å². The van der Waals surface area contributed by atoms with Gasteiger partial charge in [-0.3, -0.25) is 5.10 Å². The van der Waals surface area contributed by atoms with Crippen molar-refractivity contribution >= 4 is 16.7 Å². The van der Waals surface area contributed by atoms with Crippen LogP contribution >= 0.6 is 11.5 Å². The van der Waals surface area contributed by atoms with Crippen molar-refractivity contribution in [2.75, 3.05) is 11.9 Å². The van der Waals surface area contributed by atoms with Gasteiger partial charge in [-0.05, 0) is 12.0 Å². The minimum Gasteiger partial charge on any atom is -0.360 e. The van der Waals surface area contributed by atoms with Gasteiger partial charge in [-0.2, -0.15) is 9.47 Å². The van der Waals surface area contributed by atoms with Crippen LogP contribution in [0.5, 0.6) is 0 Å². The molecule has 0 aliphatic carbocycles. The van der Waals surface area contributed by atoms with Crippen molar-refractivity contribution in [2.45, 2.75) is 6.42 Å². The van der Waals surface area contributed by atoms with Gasteiger partial charge in [0.15, 0.2) is 0 Å². The highest BCUT2D eigenvalue weighted by atomic mass is 32.1. The average Bonchev–Trinajstić information content (AvgIpc) is 2.75. The van der Waals surface area contributed by atoms with E-state index in [1.807, 2.05) is 12.4 Å². The van der Waals surface area contributed by atoms with Crippen LogP contribution in [0.25, 0.3) is 0 Å². The van der Waals surface area contributed by atoms with E-state index in [9.17, 15) is 0 Å². The molecule has 6 heteroatoms. The normalized spacial score (nSPS) is 10.2. The molecule has 0 atom stereocenters. The fraction of sp³-hybridized carbons (Fsp3) is 0.286. The molecule has 2 rings (SSSR count). The lowest BCUT2D eigenvalue weighted by atomic mass is 10.3. The average molecular weight is 195 g/mol. The Morgan fingerprint density at radius 1 is 1.54 bits per heavy atom. The summed E-state index contributed by atoms with van der Waals surface area (Å²) >= 11 is 1.36. The van der Waals surface area contributed by atoms with Gasteiger partial charge in [0.25, 0.3) is 0 Å². The highest BCUT2D eigenvalue weighted by molar-refractivity contribution is 7.09. The topological polar surface area (TPSA) is 66.5 Å². The number of rotatable bonds is 4.